The van der Waals surface area contributed by atoms with Gasteiger partial charge in [0.2, 0.25) is 0 Å². The minimum Gasteiger partial charge on any atom is -0.368 e. The second-order valence-electron chi connectivity index (χ2n) is 9.86. The van der Waals surface area contributed by atoms with Crippen molar-refractivity contribution in [3.8, 4) is 22.5 Å². The number of anilines is 1. The number of hydrogen-bond acceptors (Lipinski definition) is 5. The van der Waals surface area contributed by atoms with Crippen LogP contribution in [0.5, 0.6) is 0 Å². The van der Waals surface area contributed by atoms with Crippen molar-refractivity contribution in [3.63, 3.8) is 0 Å². The second kappa shape index (κ2) is 8.83. The van der Waals surface area contributed by atoms with E-state index in [9.17, 15) is 0 Å². The molecule has 0 amide bonds. The van der Waals surface area contributed by atoms with E-state index in [4.69, 9.17) is 5.10 Å². The van der Waals surface area contributed by atoms with E-state index in [0.29, 0.717) is 0 Å². The van der Waals surface area contributed by atoms with Gasteiger partial charge in [-0.05, 0) is 68.7 Å². The van der Waals surface area contributed by atoms with Gasteiger partial charge < -0.3 is 19.7 Å². The Morgan fingerprint density at radius 1 is 0.886 bits per heavy atom. The van der Waals surface area contributed by atoms with Crippen LogP contribution in [-0.4, -0.2) is 77.3 Å². The summed E-state index contributed by atoms with van der Waals surface area (Å²) >= 11 is 0. The van der Waals surface area contributed by atoms with Gasteiger partial charge in [-0.25, -0.2) is 0 Å². The number of aromatic amines is 2. The Balaban J connectivity index is 1.39. The molecule has 0 spiro atoms. The lowest BCUT2D eigenvalue weighted by Gasteiger charge is -2.34. The summed E-state index contributed by atoms with van der Waals surface area (Å²) in [6.45, 7) is 5.14. The van der Waals surface area contributed by atoms with Crippen LogP contribution in [0.3, 0.4) is 0 Å². The van der Waals surface area contributed by atoms with Crippen LogP contribution >= 0.6 is 0 Å². The maximum absolute atomic E-state index is 4.71. The fourth-order valence-electron chi connectivity index (χ4n) is 5.09. The number of H-pyrrole nitrogens is 2. The first-order chi connectivity index (χ1) is 17.0. The van der Waals surface area contributed by atoms with Gasteiger partial charge in [0.05, 0.1) is 11.2 Å². The summed E-state index contributed by atoms with van der Waals surface area (Å²) in [6, 6.07) is 17.5. The van der Waals surface area contributed by atoms with Gasteiger partial charge in [0.15, 0.2) is 0 Å². The van der Waals surface area contributed by atoms with E-state index < -0.39 is 0 Å². The third-order valence-electron chi connectivity index (χ3n) is 6.93. The highest BCUT2D eigenvalue weighted by Gasteiger charge is 2.19. The molecule has 0 atom stereocenters. The van der Waals surface area contributed by atoms with Crippen LogP contribution < -0.4 is 4.90 Å². The number of hydrogen-bond donors (Lipinski definition) is 2. The average molecular weight is 466 g/mol. The molecule has 0 unspecified atom stereocenters. The van der Waals surface area contributed by atoms with Crippen molar-refractivity contribution in [2.75, 3.05) is 52.2 Å². The minimum absolute atomic E-state index is 0.866. The van der Waals surface area contributed by atoms with Crippen LogP contribution in [0.2, 0.25) is 0 Å². The van der Waals surface area contributed by atoms with E-state index in [1.807, 2.05) is 12.4 Å². The topological polar surface area (TPSA) is 67.1 Å². The van der Waals surface area contributed by atoms with E-state index in [0.717, 1.165) is 71.7 Å². The molecule has 0 saturated carbocycles. The van der Waals surface area contributed by atoms with Crippen LogP contribution in [0.25, 0.3) is 44.3 Å². The van der Waals surface area contributed by atoms with Crippen molar-refractivity contribution in [1.29, 1.82) is 0 Å². The first kappa shape index (κ1) is 21.8. The summed E-state index contributed by atoms with van der Waals surface area (Å²) in [4.78, 5) is 15.2. The molecule has 35 heavy (non-hydrogen) atoms. The Labute approximate surface area is 205 Å². The van der Waals surface area contributed by atoms with Crippen LogP contribution in [0.4, 0.5) is 5.69 Å². The quantitative estimate of drug-likeness (QED) is 0.398. The number of nitrogens with zero attached hydrogens (tertiary/aromatic N) is 5. The van der Waals surface area contributed by atoms with E-state index in [2.05, 4.69) is 99.4 Å². The number of benzene rings is 2. The van der Waals surface area contributed by atoms with Gasteiger partial charge in [-0.3, -0.25) is 10.1 Å². The molecule has 5 aromatic rings. The zero-order valence-corrected chi connectivity index (χ0v) is 20.5. The highest BCUT2D eigenvalue weighted by Crippen LogP contribution is 2.35. The molecule has 7 heteroatoms. The lowest BCUT2D eigenvalue weighted by atomic mass is 10.0. The number of pyridine rings is 1. The smallest absolute Gasteiger partial charge is 0.116 e. The Hall–Kier alpha value is -3.68. The molecule has 2 aromatic carbocycles. The number of rotatable bonds is 5. The van der Waals surface area contributed by atoms with E-state index in [1.165, 1.54) is 16.6 Å². The maximum Gasteiger partial charge on any atom is 0.116 e. The first-order valence-corrected chi connectivity index (χ1v) is 12.2. The normalized spacial score (nSPS) is 15.0. The van der Waals surface area contributed by atoms with E-state index in [-0.39, 0.29) is 0 Å². The van der Waals surface area contributed by atoms with Crippen molar-refractivity contribution < 1.29 is 0 Å². The second-order valence-corrected chi connectivity index (χ2v) is 9.86. The molecular weight excluding hydrogens is 434 g/mol. The summed E-state index contributed by atoms with van der Waals surface area (Å²) in [5, 5.41) is 10.3. The summed E-state index contributed by atoms with van der Waals surface area (Å²) < 4.78 is 0. The average Bonchev–Trinajstić information content (AvgIpc) is 3.48. The van der Waals surface area contributed by atoms with Gasteiger partial charge in [-0.15, -0.1) is 0 Å². The number of likely N-dealkylation sites (N-methyl/N-ethyl adjacent to an activating group) is 1. The fraction of sp³-hybridized carbons (Fsp3) is 0.286. The van der Waals surface area contributed by atoms with Crippen LogP contribution in [0.15, 0.2) is 60.9 Å². The van der Waals surface area contributed by atoms with Crippen LogP contribution in [-0.2, 0) is 6.54 Å². The van der Waals surface area contributed by atoms with Gasteiger partial charge >= 0.3 is 0 Å². The van der Waals surface area contributed by atoms with Gasteiger partial charge in [-0.2, -0.15) is 5.10 Å². The Kier molecular flexibility index (Phi) is 5.51. The molecule has 4 heterocycles. The predicted octanol–water partition coefficient (Wildman–Crippen LogP) is 4.59. The van der Waals surface area contributed by atoms with Gasteiger partial charge in [0.1, 0.15) is 5.69 Å². The monoisotopic (exact) mass is 465 g/mol. The Morgan fingerprint density at radius 2 is 1.74 bits per heavy atom. The molecule has 2 N–H and O–H groups in total. The van der Waals surface area contributed by atoms with Crippen molar-refractivity contribution in [3.05, 3.63) is 66.5 Å². The van der Waals surface area contributed by atoms with Crippen molar-refractivity contribution >= 4 is 27.5 Å². The van der Waals surface area contributed by atoms with Crippen molar-refractivity contribution in [2.45, 2.75) is 6.54 Å². The molecule has 0 radical (unpaired) electrons. The fourth-order valence-corrected chi connectivity index (χ4v) is 5.09. The Bertz CT molecular complexity index is 1490. The largest absolute Gasteiger partial charge is 0.368 e. The van der Waals surface area contributed by atoms with E-state index >= 15 is 0 Å². The molecule has 1 aliphatic heterocycles. The van der Waals surface area contributed by atoms with Crippen LogP contribution in [0.1, 0.15) is 5.56 Å². The molecule has 0 aliphatic carbocycles. The van der Waals surface area contributed by atoms with Gasteiger partial charge in [-0.1, -0.05) is 12.1 Å². The molecule has 3 aromatic heterocycles. The number of aromatic nitrogens is 4. The SMILES string of the molecule is CN(C)Cc1cncc(-c2ccc3[nH]nc(-c4cc5c(N6CCN(C)CC6)cccc5[nH]4)c3c2)c1. The molecule has 1 aliphatic rings. The lowest BCUT2D eigenvalue weighted by molar-refractivity contribution is 0.313. The van der Waals surface area contributed by atoms with E-state index in [1.54, 1.807) is 0 Å². The summed E-state index contributed by atoms with van der Waals surface area (Å²) in [6.07, 6.45) is 3.87. The van der Waals surface area contributed by atoms with Crippen LogP contribution in [0, 0.1) is 0 Å². The lowest BCUT2D eigenvalue weighted by Crippen LogP contribution is -2.44. The zero-order valence-electron chi connectivity index (χ0n) is 20.5. The first-order valence-electron chi connectivity index (χ1n) is 12.2. The summed E-state index contributed by atoms with van der Waals surface area (Å²) in [7, 11) is 6.34. The number of nitrogens with one attached hydrogen (secondary N) is 2. The predicted molar refractivity (Wildman–Crippen MR) is 144 cm³/mol. The molecule has 6 rings (SSSR count). The Morgan fingerprint density at radius 3 is 2.57 bits per heavy atom. The molecular formula is C28H31N7. The molecule has 1 fully saturated rings. The molecule has 0 bridgehead atoms. The van der Waals surface area contributed by atoms with Crippen molar-refractivity contribution in [1.82, 2.24) is 30.0 Å². The summed E-state index contributed by atoms with van der Waals surface area (Å²) in [5.41, 5.74) is 8.90. The van der Waals surface area contributed by atoms with Gasteiger partial charge in [0, 0.05) is 72.7 Å². The van der Waals surface area contributed by atoms with Gasteiger partial charge in [0.25, 0.3) is 0 Å². The molecule has 1 saturated heterocycles. The molecule has 178 valence electrons. The maximum atomic E-state index is 4.71. The zero-order chi connectivity index (χ0) is 23.9. The third-order valence-corrected chi connectivity index (χ3v) is 6.93. The standard InChI is InChI=1S/C28H31N7/c1-33(2)18-19-13-21(17-29-16-19)20-7-8-25-23(14-20)28(32-31-25)26-15-22-24(30-26)5-4-6-27(22)35-11-9-34(3)10-12-35/h4-8,13-17,30H,9-12,18H2,1-3H3,(H,31,32). The van der Waals surface area contributed by atoms with Crippen molar-refractivity contribution in [2.24, 2.45) is 0 Å². The highest BCUT2D eigenvalue weighted by molar-refractivity contribution is 6.00. The summed E-state index contributed by atoms with van der Waals surface area (Å²) in [5.74, 6) is 0. The molecule has 7 nitrogen and oxygen atoms in total. The number of piperazine rings is 1. The highest BCUT2D eigenvalue weighted by atomic mass is 15.2. The minimum atomic E-state index is 0.866. The third kappa shape index (κ3) is 4.17. The number of fused-ring (bicyclic) bond motifs is 2.